The van der Waals surface area contributed by atoms with E-state index in [9.17, 15) is 18.3 Å². The Labute approximate surface area is 142 Å². The highest BCUT2D eigenvalue weighted by Crippen LogP contribution is 2.24. The van der Waals surface area contributed by atoms with Gasteiger partial charge in [0.05, 0.1) is 16.6 Å². The van der Waals surface area contributed by atoms with Crippen LogP contribution in [-0.4, -0.2) is 14.4 Å². The number of rotatable bonds is 6. The third-order valence-corrected chi connectivity index (χ3v) is 5.47. The minimum absolute atomic E-state index is 0.0783. The standard InChI is InChI=1S/C18H21NO4S/c1-4-12(2)14-7-9-16(10-8-14)24(22,23)19-17-11-15(18(20)21)6-5-13(17)3/h5-12,19H,4H2,1-3H3,(H,20,21)/p-1/t12-/m1/s1. The number of anilines is 1. The van der Waals surface area contributed by atoms with Crippen LogP contribution in [0.15, 0.2) is 47.4 Å². The molecule has 6 heteroatoms. The van der Waals surface area contributed by atoms with Gasteiger partial charge in [-0.15, -0.1) is 0 Å². The summed E-state index contributed by atoms with van der Waals surface area (Å²) in [6.45, 7) is 5.85. The molecular formula is C18H20NO4S-. The van der Waals surface area contributed by atoms with E-state index in [4.69, 9.17) is 0 Å². The molecule has 0 spiro atoms. The van der Waals surface area contributed by atoms with Gasteiger partial charge in [-0.05, 0) is 54.2 Å². The van der Waals surface area contributed by atoms with Crippen LogP contribution in [0.4, 0.5) is 5.69 Å². The molecule has 0 heterocycles. The number of hydrogen-bond donors (Lipinski definition) is 1. The molecule has 0 saturated heterocycles. The van der Waals surface area contributed by atoms with E-state index in [1.54, 1.807) is 31.2 Å². The molecule has 128 valence electrons. The molecule has 2 aromatic carbocycles. The highest BCUT2D eigenvalue weighted by molar-refractivity contribution is 7.92. The first-order valence-corrected chi connectivity index (χ1v) is 9.17. The van der Waals surface area contributed by atoms with Crippen molar-refractivity contribution in [1.29, 1.82) is 0 Å². The topological polar surface area (TPSA) is 86.3 Å². The van der Waals surface area contributed by atoms with E-state index in [0.29, 0.717) is 11.5 Å². The summed E-state index contributed by atoms with van der Waals surface area (Å²) in [5.74, 6) is -0.995. The van der Waals surface area contributed by atoms with Crippen LogP contribution in [0.5, 0.6) is 0 Å². The maximum Gasteiger partial charge on any atom is 0.261 e. The van der Waals surface area contributed by atoms with Crippen molar-refractivity contribution in [3.05, 3.63) is 59.2 Å². The molecule has 2 rings (SSSR count). The fourth-order valence-corrected chi connectivity index (χ4v) is 3.40. The van der Waals surface area contributed by atoms with Crippen LogP contribution in [0.25, 0.3) is 0 Å². The molecule has 1 atom stereocenters. The molecule has 0 aliphatic carbocycles. The van der Waals surface area contributed by atoms with E-state index >= 15 is 0 Å². The zero-order valence-electron chi connectivity index (χ0n) is 13.9. The molecule has 0 saturated carbocycles. The van der Waals surface area contributed by atoms with E-state index in [-0.39, 0.29) is 16.1 Å². The van der Waals surface area contributed by atoms with Gasteiger partial charge in [0.25, 0.3) is 10.0 Å². The molecule has 0 aromatic heterocycles. The van der Waals surface area contributed by atoms with Crippen LogP contribution in [0.2, 0.25) is 0 Å². The number of carbonyl (C=O) groups excluding carboxylic acids is 1. The number of sulfonamides is 1. The molecule has 0 aliphatic rings. The second-order valence-electron chi connectivity index (χ2n) is 5.80. The maximum atomic E-state index is 12.5. The van der Waals surface area contributed by atoms with Crippen LogP contribution in [0.1, 0.15) is 47.7 Å². The van der Waals surface area contributed by atoms with Crippen LogP contribution in [0.3, 0.4) is 0 Å². The number of carboxylic acid groups (broad SMARTS) is 1. The molecule has 0 bridgehead atoms. The molecule has 0 unspecified atom stereocenters. The molecule has 1 N–H and O–H groups in total. The smallest absolute Gasteiger partial charge is 0.261 e. The summed E-state index contributed by atoms with van der Waals surface area (Å²) in [6, 6.07) is 10.9. The Kier molecular flexibility index (Phi) is 5.29. The van der Waals surface area contributed by atoms with Crippen LogP contribution >= 0.6 is 0 Å². The normalized spacial score (nSPS) is 12.6. The van der Waals surface area contributed by atoms with Gasteiger partial charge in [-0.1, -0.05) is 38.1 Å². The van der Waals surface area contributed by atoms with Gasteiger partial charge in [0.1, 0.15) is 0 Å². The van der Waals surface area contributed by atoms with Gasteiger partial charge in [-0.3, -0.25) is 4.72 Å². The summed E-state index contributed by atoms with van der Waals surface area (Å²) in [6.07, 6.45) is 0.972. The molecule has 0 amide bonds. The molecule has 24 heavy (non-hydrogen) atoms. The van der Waals surface area contributed by atoms with Crippen LogP contribution < -0.4 is 9.83 Å². The lowest BCUT2D eigenvalue weighted by atomic mass is 9.99. The number of aromatic carboxylic acids is 1. The van der Waals surface area contributed by atoms with Crippen molar-refractivity contribution in [2.75, 3.05) is 4.72 Å². The van der Waals surface area contributed by atoms with Crippen molar-refractivity contribution in [1.82, 2.24) is 0 Å². The van der Waals surface area contributed by atoms with Crippen molar-refractivity contribution in [3.63, 3.8) is 0 Å². The number of carboxylic acids is 1. The fraction of sp³-hybridized carbons (Fsp3) is 0.278. The quantitative estimate of drug-likeness (QED) is 0.871. The molecule has 0 radical (unpaired) electrons. The SMILES string of the molecule is CC[C@@H](C)c1ccc(S(=O)(=O)Nc2cc(C(=O)[O-])ccc2C)cc1. The molecule has 5 nitrogen and oxygen atoms in total. The summed E-state index contributed by atoms with van der Waals surface area (Å²) >= 11 is 0. The zero-order valence-corrected chi connectivity index (χ0v) is 14.7. The Hall–Kier alpha value is -2.34. The van der Waals surface area contributed by atoms with Gasteiger partial charge < -0.3 is 9.90 Å². The van der Waals surface area contributed by atoms with Crippen molar-refractivity contribution < 1.29 is 18.3 Å². The van der Waals surface area contributed by atoms with Gasteiger partial charge in [-0.25, -0.2) is 8.42 Å². The lowest BCUT2D eigenvalue weighted by Gasteiger charge is -2.14. The predicted octanol–water partition coefficient (Wildman–Crippen LogP) is 2.67. The Morgan fingerprint density at radius 3 is 2.33 bits per heavy atom. The highest BCUT2D eigenvalue weighted by Gasteiger charge is 2.16. The van der Waals surface area contributed by atoms with Crippen molar-refractivity contribution >= 4 is 21.7 Å². The van der Waals surface area contributed by atoms with Gasteiger partial charge in [0, 0.05) is 0 Å². The monoisotopic (exact) mass is 346 g/mol. The first-order chi connectivity index (χ1) is 11.2. The van der Waals surface area contributed by atoms with Gasteiger partial charge in [0.15, 0.2) is 0 Å². The van der Waals surface area contributed by atoms with E-state index in [2.05, 4.69) is 18.6 Å². The zero-order chi connectivity index (χ0) is 17.9. The number of carbonyl (C=O) groups is 1. The second kappa shape index (κ2) is 7.05. The van der Waals surface area contributed by atoms with Gasteiger partial charge in [-0.2, -0.15) is 0 Å². The number of nitrogens with one attached hydrogen (secondary N) is 1. The molecule has 2 aromatic rings. The van der Waals surface area contributed by atoms with E-state index in [1.807, 2.05) is 0 Å². The van der Waals surface area contributed by atoms with E-state index in [0.717, 1.165) is 12.0 Å². The Morgan fingerprint density at radius 1 is 1.17 bits per heavy atom. The summed E-state index contributed by atoms with van der Waals surface area (Å²) in [4.78, 5) is 11.1. The van der Waals surface area contributed by atoms with Crippen molar-refractivity contribution in [3.8, 4) is 0 Å². The largest absolute Gasteiger partial charge is 0.545 e. The minimum atomic E-state index is -3.79. The Morgan fingerprint density at radius 2 is 1.79 bits per heavy atom. The number of benzene rings is 2. The molecule has 0 aliphatic heterocycles. The summed E-state index contributed by atoms with van der Waals surface area (Å²) in [5.41, 5.74) is 1.85. The molecule has 0 fully saturated rings. The Bertz CT molecular complexity index is 842. The maximum absolute atomic E-state index is 12.5. The first kappa shape index (κ1) is 18.0. The number of hydrogen-bond acceptors (Lipinski definition) is 4. The summed E-state index contributed by atoms with van der Waals surface area (Å²) < 4.78 is 27.5. The van der Waals surface area contributed by atoms with Crippen molar-refractivity contribution in [2.24, 2.45) is 0 Å². The average Bonchev–Trinajstić information content (AvgIpc) is 2.55. The third-order valence-electron chi connectivity index (χ3n) is 4.09. The van der Waals surface area contributed by atoms with Gasteiger partial charge >= 0.3 is 0 Å². The van der Waals surface area contributed by atoms with Crippen molar-refractivity contribution in [2.45, 2.75) is 38.0 Å². The second-order valence-corrected chi connectivity index (χ2v) is 7.48. The average molecular weight is 346 g/mol. The van der Waals surface area contributed by atoms with E-state index in [1.165, 1.54) is 18.2 Å². The lowest BCUT2D eigenvalue weighted by molar-refractivity contribution is -0.255. The van der Waals surface area contributed by atoms with Crippen LogP contribution in [-0.2, 0) is 10.0 Å². The predicted molar refractivity (Wildman–Crippen MR) is 91.5 cm³/mol. The van der Waals surface area contributed by atoms with Gasteiger partial charge in [0.2, 0.25) is 0 Å². The third kappa shape index (κ3) is 3.94. The molecular weight excluding hydrogens is 326 g/mol. The summed E-state index contributed by atoms with van der Waals surface area (Å²) in [5, 5.41) is 10.9. The van der Waals surface area contributed by atoms with E-state index < -0.39 is 16.0 Å². The minimum Gasteiger partial charge on any atom is -0.545 e. The lowest BCUT2D eigenvalue weighted by Crippen LogP contribution is -2.22. The highest BCUT2D eigenvalue weighted by atomic mass is 32.2. The first-order valence-electron chi connectivity index (χ1n) is 7.69. The fourth-order valence-electron chi connectivity index (χ4n) is 2.27. The Balaban J connectivity index is 2.32. The summed E-state index contributed by atoms with van der Waals surface area (Å²) in [7, 11) is -3.79. The van der Waals surface area contributed by atoms with Crippen LogP contribution in [0, 0.1) is 6.92 Å². The number of aryl methyl sites for hydroxylation is 1.